The summed E-state index contributed by atoms with van der Waals surface area (Å²) in [7, 11) is 1.34. The maximum absolute atomic E-state index is 13.9. The standard InChI is InChI=1S/C37H38O19/c1-50-21-10-15(2-8-19(21)41)3-9-25(43)51-14-24-28(45)30(47)32(49)36(54-24)56-35-31(48)27(44)23(13-38)53-37(35)55-34-29(46)26-20(42)11-18(40)12-22(26)52-33(34)16-4-6-17(39)7-5-16/h2-12,23-24,27-28,30-32,35-42,44-45,47-49H,13-14H2,1H3/t23-,24+,27-,28+,30+,31+,32-,35+,36-,37-/m0/s1. The Bertz CT molecular complexity index is 2120. The van der Waals surface area contributed by atoms with E-state index >= 15 is 0 Å². The Kier molecular flexibility index (Phi) is 12.0. The van der Waals surface area contributed by atoms with Crippen molar-refractivity contribution in [2.75, 3.05) is 20.3 Å². The number of benzene rings is 3. The van der Waals surface area contributed by atoms with Crippen LogP contribution in [-0.4, -0.2) is 139 Å². The summed E-state index contributed by atoms with van der Waals surface area (Å²) in [6, 6.07) is 11.4. The highest BCUT2D eigenvalue weighted by Gasteiger charge is 2.52. The fraction of sp³-hybridized carbons (Fsp3) is 0.351. The maximum Gasteiger partial charge on any atom is 0.330 e. The molecule has 0 radical (unpaired) electrons. The lowest BCUT2D eigenvalue weighted by Gasteiger charge is -2.45. The van der Waals surface area contributed by atoms with Crippen molar-refractivity contribution in [1.82, 2.24) is 0 Å². The van der Waals surface area contributed by atoms with E-state index in [4.69, 9.17) is 32.8 Å². The molecule has 2 aliphatic heterocycles. The molecule has 300 valence electrons. The number of ether oxygens (including phenoxy) is 6. The minimum absolute atomic E-state index is 0.124. The van der Waals surface area contributed by atoms with E-state index in [0.717, 1.165) is 18.2 Å². The first-order chi connectivity index (χ1) is 26.7. The minimum Gasteiger partial charge on any atom is -0.508 e. The number of aliphatic hydroxyl groups excluding tert-OH is 6. The Labute approximate surface area is 315 Å². The topological polar surface area (TPSA) is 305 Å². The molecule has 0 unspecified atom stereocenters. The largest absolute Gasteiger partial charge is 0.508 e. The Hall–Kier alpha value is -5.48. The number of carbonyl (C=O) groups excluding carboxylic acids is 1. The number of phenols is 4. The highest BCUT2D eigenvalue weighted by atomic mass is 16.8. The number of carbonyl (C=O) groups is 1. The summed E-state index contributed by atoms with van der Waals surface area (Å²) in [5, 5.41) is 104. The molecule has 3 heterocycles. The quantitative estimate of drug-likeness (QED) is 0.0680. The van der Waals surface area contributed by atoms with Gasteiger partial charge in [0.05, 0.1) is 13.7 Å². The zero-order chi connectivity index (χ0) is 40.4. The van der Waals surface area contributed by atoms with Crippen LogP contribution in [0, 0.1) is 0 Å². The summed E-state index contributed by atoms with van der Waals surface area (Å²) in [6.45, 7) is -1.57. The van der Waals surface area contributed by atoms with Crippen LogP contribution in [0.5, 0.6) is 34.5 Å². The van der Waals surface area contributed by atoms with E-state index in [1.807, 2.05) is 0 Å². The molecule has 19 nitrogen and oxygen atoms in total. The van der Waals surface area contributed by atoms with Crippen LogP contribution in [0.1, 0.15) is 5.56 Å². The number of methoxy groups -OCH3 is 1. The van der Waals surface area contributed by atoms with Crippen LogP contribution in [0.25, 0.3) is 28.4 Å². The monoisotopic (exact) mass is 786 g/mol. The van der Waals surface area contributed by atoms with Gasteiger partial charge in [-0.2, -0.15) is 0 Å². The molecule has 19 heteroatoms. The first-order valence-corrected chi connectivity index (χ1v) is 16.9. The Morgan fingerprint density at radius 3 is 2.18 bits per heavy atom. The zero-order valence-electron chi connectivity index (χ0n) is 29.2. The number of fused-ring (bicyclic) bond motifs is 1. The van der Waals surface area contributed by atoms with Crippen molar-refractivity contribution in [3.8, 4) is 45.8 Å². The fourth-order valence-corrected chi connectivity index (χ4v) is 6.09. The molecular formula is C37H38O19. The molecule has 2 aliphatic rings. The van der Waals surface area contributed by atoms with E-state index in [1.165, 1.54) is 55.7 Å². The smallest absolute Gasteiger partial charge is 0.330 e. The van der Waals surface area contributed by atoms with Gasteiger partial charge in [-0.1, -0.05) is 6.07 Å². The number of aliphatic hydroxyl groups is 6. The molecular weight excluding hydrogens is 748 g/mol. The lowest BCUT2D eigenvalue weighted by Crippen LogP contribution is -2.65. The van der Waals surface area contributed by atoms with Gasteiger partial charge in [-0.25, -0.2) is 4.79 Å². The average molecular weight is 787 g/mol. The van der Waals surface area contributed by atoms with Gasteiger partial charge in [0.15, 0.2) is 29.7 Å². The predicted molar refractivity (Wildman–Crippen MR) is 188 cm³/mol. The van der Waals surface area contributed by atoms with E-state index in [9.17, 15) is 60.7 Å². The third-order valence-corrected chi connectivity index (χ3v) is 9.07. The molecule has 0 aliphatic carbocycles. The van der Waals surface area contributed by atoms with E-state index in [-0.39, 0.29) is 34.2 Å². The van der Waals surface area contributed by atoms with Gasteiger partial charge in [0.2, 0.25) is 17.5 Å². The fourth-order valence-electron chi connectivity index (χ4n) is 6.09. The Morgan fingerprint density at radius 1 is 0.786 bits per heavy atom. The maximum atomic E-state index is 13.9. The Balaban J connectivity index is 1.27. The van der Waals surface area contributed by atoms with Gasteiger partial charge in [0, 0.05) is 23.8 Å². The first-order valence-electron chi connectivity index (χ1n) is 16.9. The third-order valence-electron chi connectivity index (χ3n) is 9.07. The second-order valence-electron chi connectivity index (χ2n) is 12.8. The summed E-state index contributed by atoms with van der Waals surface area (Å²) in [5.74, 6) is -3.21. The molecule has 0 bridgehead atoms. The second-order valence-corrected chi connectivity index (χ2v) is 12.8. The van der Waals surface area contributed by atoms with E-state index in [0.29, 0.717) is 5.56 Å². The van der Waals surface area contributed by atoms with E-state index in [1.54, 1.807) is 0 Å². The van der Waals surface area contributed by atoms with Crippen molar-refractivity contribution in [3.63, 3.8) is 0 Å². The molecule has 6 rings (SSSR count). The van der Waals surface area contributed by atoms with Crippen LogP contribution in [0.15, 0.2) is 69.9 Å². The molecule has 2 fully saturated rings. The van der Waals surface area contributed by atoms with Gasteiger partial charge in [0.1, 0.15) is 77.6 Å². The minimum atomic E-state index is -2.04. The molecule has 10 N–H and O–H groups in total. The number of phenolic OH excluding ortho intramolecular Hbond substituents is 4. The molecule has 0 spiro atoms. The van der Waals surface area contributed by atoms with Crippen LogP contribution in [-0.2, 0) is 23.7 Å². The highest BCUT2D eigenvalue weighted by molar-refractivity contribution is 5.88. The van der Waals surface area contributed by atoms with E-state index < -0.39 is 109 Å². The number of rotatable bonds is 11. The average Bonchev–Trinajstić information content (AvgIpc) is 3.17. The number of hydrogen-bond donors (Lipinski definition) is 10. The number of hydrogen-bond acceptors (Lipinski definition) is 19. The van der Waals surface area contributed by atoms with Crippen molar-refractivity contribution >= 4 is 23.0 Å². The zero-order valence-corrected chi connectivity index (χ0v) is 29.2. The molecule has 4 aromatic rings. The normalized spacial score (nSPS) is 28.0. The molecule has 10 atom stereocenters. The summed E-state index contributed by atoms with van der Waals surface area (Å²) < 4.78 is 39.2. The second kappa shape index (κ2) is 16.7. The van der Waals surface area contributed by atoms with Crippen molar-refractivity contribution in [2.45, 2.75) is 61.4 Å². The van der Waals surface area contributed by atoms with Gasteiger partial charge in [-0.15, -0.1) is 0 Å². The van der Waals surface area contributed by atoms with Gasteiger partial charge in [-0.05, 0) is 48.0 Å². The highest BCUT2D eigenvalue weighted by Crippen LogP contribution is 2.38. The van der Waals surface area contributed by atoms with Crippen molar-refractivity contribution in [1.29, 1.82) is 0 Å². The van der Waals surface area contributed by atoms with Gasteiger partial charge in [0.25, 0.3) is 0 Å². The predicted octanol–water partition coefficient (Wildman–Crippen LogP) is -0.442. The summed E-state index contributed by atoms with van der Waals surface area (Å²) in [6.07, 6.45) is -16.3. The molecule has 2 saturated heterocycles. The van der Waals surface area contributed by atoms with Crippen molar-refractivity contribution in [2.24, 2.45) is 0 Å². The van der Waals surface area contributed by atoms with Crippen LogP contribution in [0.4, 0.5) is 0 Å². The van der Waals surface area contributed by atoms with Crippen LogP contribution < -0.4 is 14.9 Å². The van der Waals surface area contributed by atoms with Gasteiger partial charge in [-0.3, -0.25) is 4.79 Å². The molecule has 0 saturated carbocycles. The SMILES string of the molecule is COc1cc(C=CC(=O)OC[C@H]2O[C@@H](O[C@H]3[C@H](Oc4c(-c5ccc(O)cc5)oc5cc(O)cc(O)c5c4=O)O[C@@H](CO)[C@H](O)[C@H]3O)[C@@H](O)[C@H](O)[C@@H]2O)ccc1O. The van der Waals surface area contributed by atoms with Crippen LogP contribution in [0.2, 0.25) is 0 Å². The van der Waals surface area contributed by atoms with Crippen LogP contribution >= 0.6 is 0 Å². The van der Waals surface area contributed by atoms with Crippen molar-refractivity contribution < 1.29 is 88.7 Å². The van der Waals surface area contributed by atoms with Gasteiger partial charge < -0.3 is 83.9 Å². The first kappa shape index (κ1) is 40.2. The lowest BCUT2D eigenvalue weighted by molar-refractivity contribution is -0.358. The number of aromatic hydroxyl groups is 4. The molecule has 3 aromatic carbocycles. The third kappa shape index (κ3) is 8.21. The summed E-state index contributed by atoms with van der Waals surface area (Å²) in [5.41, 5.74) is -0.715. The lowest BCUT2D eigenvalue weighted by atomic mass is 9.97. The molecule has 0 amide bonds. The summed E-state index contributed by atoms with van der Waals surface area (Å²) >= 11 is 0. The number of esters is 1. The summed E-state index contributed by atoms with van der Waals surface area (Å²) in [4.78, 5) is 26.5. The van der Waals surface area contributed by atoms with Crippen LogP contribution in [0.3, 0.4) is 0 Å². The Morgan fingerprint density at radius 2 is 1.48 bits per heavy atom. The van der Waals surface area contributed by atoms with Gasteiger partial charge >= 0.3 is 5.97 Å². The molecule has 56 heavy (non-hydrogen) atoms. The van der Waals surface area contributed by atoms with Crippen molar-refractivity contribution in [3.05, 3.63) is 76.5 Å². The van der Waals surface area contributed by atoms with E-state index in [2.05, 4.69) is 0 Å². The molecule has 1 aromatic heterocycles.